The molecule has 0 radical (unpaired) electrons. The molecule has 128 valence electrons. The fraction of sp³-hybridized carbons (Fsp3) is 0.300. The van der Waals surface area contributed by atoms with E-state index in [0.29, 0.717) is 18.3 Å². The van der Waals surface area contributed by atoms with Crippen LogP contribution in [0.2, 0.25) is 0 Å². The van der Waals surface area contributed by atoms with Gasteiger partial charge in [-0.25, -0.2) is 0 Å². The number of hydrogen-bond donors (Lipinski definition) is 1. The SMILES string of the molecule is CCc1ccc(-c2noc(CN3CCCc4c(N)cccc43)n2)cc1. The molecule has 0 atom stereocenters. The molecule has 0 aliphatic carbocycles. The fourth-order valence-electron chi connectivity index (χ4n) is 3.38. The zero-order valence-electron chi connectivity index (χ0n) is 14.4. The van der Waals surface area contributed by atoms with Crippen LogP contribution in [-0.2, 0) is 19.4 Å². The average molecular weight is 334 g/mol. The second-order valence-electron chi connectivity index (χ2n) is 6.43. The Morgan fingerprint density at radius 2 is 2.00 bits per heavy atom. The molecule has 2 heterocycles. The summed E-state index contributed by atoms with van der Waals surface area (Å²) >= 11 is 0. The van der Waals surface area contributed by atoms with Crippen molar-refractivity contribution < 1.29 is 4.52 Å². The van der Waals surface area contributed by atoms with E-state index in [2.05, 4.69) is 40.2 Å². The monoisotopic (exact) mass is 334 g/mol. The highest BCUT2D eigenvalue weighted by Crippen LogP contribution is 2.32. The molecule has 5 nitrogen and oxygen atoms in total. The third-order valence-corrected chi connectivity index (χ3v) is 4.80. The average Bonchev–Trinajstić information content (AvgIpc) is 3.11. The Morgan fingerprint density at radius 3 is 2.80 bits per heavy atom. The van der Waals surface area contributed by atoms with Gasteiger partial charge in [0.15, 0.2) is 0 Å². The molecular formula is C20H22N4O. The Hall–Kier alpha value is -2.82. The van der Waals surface area contributed by atoms with Gasteiger partial charge in [-0.15, -0.1) is 0 Å². The van der Waals surface area contributed by atoms with Gasteiger partial charge in [-0.1, -0.05) is 42.4 Å². The highest BCUT2D eigenvalue weighted by molar-refractivity contribution is 5.66. The first-order valence-electron chi connectivity index (χ1n) is 8.79. The Balaban J connectivity index is 1.55. The van der Waals surface area contributed by atoms with E-state index in [-0.39, 0.29) is 0 Å². The van der Waals surface area contributed by atoms with Crippen molar-refractivity contribution in [2.24, 2.45) is 0 Å². The molecule has 0 fully saturated rings. The summed E-state index contributed by atoms with van der Waals surface area (Å²) in [5, 5.41) is 4.14. The second-order valence-corrected chi connectivity index (χ2v) is 6.43. The van der Waals surface area contributed by atoms with E-state index in [1.165, 1.54) is 16.8 Å². The molecule has 2 N–H and O–H groups in total. The Morgan fingerprint density at radius 1 is 1.16 bits per heavy atom. The zero-order chi connectivity index (χ0) is 17.2. The summed E-state index contributed by atoms with van der Waals surface area (Å²) in [6, 6.07) is 14.4. The van der Waals surface area contributed by atoms with Gasteiger partial charge < -0.3 is 15.2 Å². The zero-order valence-corrected chi connectivity index (χ0v) is 14.4. The van der Waals surface area contributed by atoms with Gasteiger partial charge in [0.05, 0.1) is 6.54 Å². The molecule has 0 saturated heterocycles. The van der Waals surface area contributed by atoms with Crippen LogP contribution >= 0.6 is 0 Å². The number of fused-ring (bicyclic) bond motifs is 1. The predicted octanol–water partition coefficient (Wildman–Crippen LogP) is 3.83. The standard InChI is InChI=1S/C20H22N4O/c1-2-14-8-10-15(11-9-14)20-22-19(25-23-20)13-24-12-4-5-16-17(21)6-3-7-18(16)24/h3,6-11H,2,4-5,12-13,21H2,1H3. The van der Waals surface area contributed by atoms with Crippen LogP contribution in [0.1, 0.15) is 30.4 Å². The Labute approximate surface area is 147 Å². The summed E-state index contributed by atoms with van der Waals surface area (Å²) < 4.78 is 5.49. The number of anilines is 2. The highest BCUT2D eigenvalue weighted by atomic mass is 16.5. The number of nitrogen functional groups attached to an aromatic ring is 1. The van der Waals surface area contributed by atoms with Crippen molar-refractivity contribution in [2.75, 3.05) is 17.2 Å². The normalized spacial score (nSPS) is 13.7. The van der Waals surface area contributed by atoms with Crippen molar-refractivity contribution in [3.8, 4) is 11.4 Å². The van der Waals surface area contributed by atoms with Crippen LogP contribution < -0.4 is 10.6 Å². The fourth-order valence-corrected chi connectivity index (χ4v) is 3.38. The lowest BCUT2D eigenvalue weighted by atomic mass is 10.00. The van der Waals surface area contributed by atoms with Crippen molar-refractivity contribution in [3.63, 3.8) is 0 Å². The van der Waals surface area contributed by atoms with Crippen LogP contribution in [0, 0.1) is 0 Å². The van der Waals surface area contributed by atoms with E-state index >= 15 is 0 Å². The predicted molar refractivity (Wildman–Crippen MR) is 99.3 cm³/mol. The number of benzene rings is 2. The third kappa shape index (κ3) is 3.09. The summed E-state index contributed by atoms with van der Waals surface area (Å²) in [5.74, 6) is 1.27. The second kappa shape index (κ2) is 6.59. The number of rotatable bonds is 4. The summed E-state index contributed by atoms with van der Waals surface area (Å²) in [7, 11) is 0. The topological polar surface area (TPSA) is 68.2 Å². The van der Waals surface area contributed by atoms with Crippen LogP contribution in [0.15, 0.2) is 47.0 Å². The van der Waals surface area contributed by atoms with Crippen molar-refractivity contribution in [2.45, 2.75) is 32.7 Å². The van der Waals surface area contributed by atoms with Gasteiger partial charge in [0.1, 0.15) is 0 Å². The molecule has 0 unspecified atom stereocenters. The molecule has 2 aromatic carbocycles. The van der Waals surface area contributed by atoms with Gasteiger partial charge in [0.25, 0.3) is 0 Å². The van der Waals surface area contributed by atoms with Crippen LogP contribution in [0.5, 0.6) is 0 Å². The van der Waals surface area contributed by atoms with Crippen molar-refractivity contribution in [1.29, 1.82) is 0 Å². The lowest BCUT2D eigenvalue weighted by molar-refractivity contribution is 0.375. The first kappa shape index (κ1) is 15.7. The van der Waals surface area contributed by atoms with Crippen LogP contribution in [0.4, 0.5) is 11.4 Å². The largest absolute Gasteiger partial charge is 0.398 e. The van der Waals surface area contributed by atoms with E-state index in [1.54, 1.807) is 0 Å². The Kier molecular flexibility index (Phi) is 4.14. The molecule has 25 heavy (non-hydrogen) atoms. The maximum atomic E-state index is 6.12. The van der Waals surface area contributed by atoms with Crippen molar-refractivity contribution in [3.05, 3.63) is 59.5 Å². The number of nitrogens with zero attached hydrogens (tertiary/aromatic N) is 3. The highest BCUT2D eigenvalue weighted by Gasteiger charge is 2.21. The van der Waals surface area contributed by atoms with Gasteiger partial charge >= 0.3 is 0 Å². The first-order chi connectivity index (χ1) is 12.2. The van der Waals surface area contributed by atoms with Crippen LogP contribution in [0.25, 0.3) is 11.4 Å². The first-order valence-corrected chi connectivity index (χ1v) is 8.79. The maximum Gasteiger partial charge on any atom is 0.246 e. The van der Waals surface area contributed by atoms with Gasteiger partial charge in [-0.3, -0.25) is 0 Å². The number of nitrogens with two attached hydrogens (primary N) is 1. The molecule has 0 saturated carbocycles. The van der Waals surface area contributed by atoms with E-state index in [0.717, 1.165) is 37.1 Å². The molecule has 3 aromatic rings. The van der Waals surface area contributed by atoms with Gasteiger partial charge in [-0.2, -0.15) is 4.98 Å². The molecule has 0 bridgehead atoms. The van der Waals surface area contributed by atoms with E-state index in [4.69, 9.17) is 10.3 Å². The third-order valence-electron chi connectivity index (χ3n) is 4.80. The number of hydrogen-bond acceptors (Lipinski definition) is 5. The lowest BCUT2D eigenvalue weighted by Gasteiger charge is -2.30. The quantitative estimate of drug-likeness (QED) is 0.734. The number of aromatic nitrogens is 2. The minimum atomic E-state index is 0.608. The lowest BCUT2D eigenvalue weighted by Crippen LogP contribution is -2.29. The van der Waals surface area contributed by atoms with Gasteiger partial charge in [0, 0.05) is 23.5 Å². The van der Waals surface area contributed by atoms with Crippen molar-refractivity contribution in [1.82, 2.24) is 10.1 Å². The summed E-state index contributed by atoms with van der Waals surface area (Å²) in [6.07, 6.45) is 3.13. The summed E-state index contributed by atoms with van der Waals surface area (Å²) in [4.78, 5) is 6.85. The molecule has 1 aromatic heterocycles. The van der Waals surface area contributed by atoms with Crippen LogP contribution in [0.3, 0.4) is 0 Å². The minimum Gasteiger partial charge on any atom is -0.398 e. The molecule has 5 heteroatoms. The smallest absolute Gasteiger partial charge is 0.246 e. The Bertz CT molecular complexity index is 870. The molecule has 4 rings (SSSR count). The summed E-state index contributed by atoms with van der Waals surface area (Å²) in [5.41, 5.74) is 11.7. The van der Waals surface area contributed by atoms with Gasteiger partial charge in [0.2, 0.25) is 11.7 Å². The van der Waals surface area contributed by atoms with E-state index < -0.39 is 0 Å². The van der Waals surface area contributed by atoms with Crippen LogP contribution in [-0.4, -0.2) is 16.7 Å². The minimum absolute atomic E-state index is 0.608. The maximum absolute atomic E-state index is 6.12. The molecule has 0 spiro atoms. The molecule has 1 aliphatic rings. The van der Waals surface area contributed by atoms with E-state index in [9.17, 15) is 0 Å². The molecule has 0 amide bonds. The number of aryl methyl sites for hydroxylation is 1. The van der Waals surface area contributed by atoms with Gasteiger partial charge in [-0.05, 0) is 42.5 Å². The molecule has 1 aliphatic heterocycles. The summed E-state index contributed by atoms with van der Waals surface area (Å²) in [6.45, 7) is 3.72. The molecular weight excluding hydrogens is 312 g/mol. The van der Waals surface area contributed by atoms with E-state index in [1.807, 2.05) is 24.3 Å². The van der Waals surface area contributed by atoms with Crippen molar-refractivity contribution >= 4 is 11.4 Å².